The van der Waals surface area contributed by atoms with Gasteiger partial charge in [-0.1, -0.05) is 17.7 Å². The van der Waals surface area contributed by atoms with Crippen LogP contribution in [-0.2, 0) is 0 Å². The predicted octanol–water partition coefficient (Wildman–Crippen LogP) is 1.04. The van der Waals surface area contributed by atoms with E-state index in [1.165, 1.54) is 0 Å². The molecule has 11 heavy (non-hydrogen) atoms. The zero-order valence-electron chi connectivity index (χ0n) is 5.66. The summed E-state index contributed by atoms with van der Waals surface area (Å²) in [7, 11) is 0. The second-order valence-corrected chi connectivity index (χ2v) is 2.17. The first-order chi connectivity index (χ1) is 4.70. The van der Waals surface area contributed by atoms with Gasteiger partial charge in [0.05, 0.1) is 5.56 Å². The Morgan fingerprint density at radius 3 is 2.09 bits per heavy atom. The van der Waals surface area contributed by atoms with Crippen molar-refractivity contribution >= 4 is 35.5 Å². The first kappa shape index (κ1) is 10.7. The molecule has 0 radical (unpaired) electrons. The van der Waals surface area contributed by atoms with Crippen molar-refractivity contribution in [2.24, 2.45) is 0 Å². The number of carbonyl (C=O) groups is 1. The molecule has 1 aromatic rings. The fourth-order valence-corrected chi connectivity index (χ4v) is 0.696. The average Bonchev–Trinajstić information content (AvgIpc) is 1.88. The second kappa shape index (κ2) is 4.54. The fraction of sp³-hybridized carbons (Fsp3) is 0.125. The summed E-state index contributed by atoms with van der Waals surface area (Å²) in [5.41, 5.74) is 1.41. The Morgan fingerprint density at radius 1 is 1.27 bits per heavy atom. The van der Waals surface area contributed by atoms with Gasteiger partial charge in [0.2, 0.25) is 0 Å². The van der Waals surface area contributed by atoms with E-state index < -0.39 is 5.97 Å². The first-order valence-corrected chi connectivity index (χ1v) is 3.00. The van der Waals surface area contributed by atoms with Crippen molar-refractivity contribution in [2.45, 2.75) is 6.92 Å². The minimum absolute atomic E-state index is 0. The first-order valence-electron chi connectivity index (χ1n) is 3.00. The molecule has 0 aromatic heterocycles. The molecule has 0 aliphatic carbocycles. The van der Waals surface area contributed by atoms with Crippen molar-refractivity contribution in [3.05, 3.63) is 35.4 Å². The van der Waals surface area contributed by atoms with Crippen LogP contribution >= 0.6 is 0 Å². The van der Waals surface area contributed by atoms with E-state index in [1.54, 1.807) is 24.3 Å². The molecule has 0 aliphatic rings. The van der Waals surface area contributed by atoms with Crippen molar-refractivity contribution < 1.29 is 9.90 Å². The van der Waals surface area contributed by atoms with Gasteiger partial charge in [0.1, 0.15) is 0 Å². The van der Waals surface area contributed by atoms with E-state index in [9.17, 15) is 4.79 Å². The average molecular weight is 160 g/mol. The molecule has 1 rings (SSSR count). The molecule has 0 atom stereocenters. The molecule has 0 heterocycles. The molecule has 0 spiro atoms. The van der Waals surface area contributed by atoms with Crippen molar-refractivity contribution in [1.29, 1.82) is 0 Å². The molecule has 0 fully saturated rings. The Labute approximate surface area is 87.5 Å². The standard InChI is InChI=1S/C8H8O2.Na.H/c1-6-2-4-7(5-3-6)8(9)10;;/h2-5H,1H3,(H,9,10);;. The van der Waals surface area contributed by atoms with Gasteiger partial charge >= 0.3 is 35.5 Å². The molecule has 0 saturated heterocycles. The van der Waals surface area contributed by atoms with Crippen LogP contribution in [0.25, 0.3) is 0 Å². The molecule has 1 aromatic carbocycles. The van der Waals surface area contributed by atoms with E-state index in [2.05, 4.69) is 0 Å². The number of carboxylic acids is 1. The van der Waals surface area contributed by atoms with E-state index in [-0.39, 0.29) is 29.6 Å². The number of aromatic carboxylic acids is 1. The molecule has 1 N–H and O–H groups in total. The zero-order chi connectivity index (χ0) is 7.56. The van der Waals surface area contributed by atoms with Gasteiger partial charge in [-0.25, -0.2) is 4.79 Å². The topological polar surface area (TPSA) is 37.3 Å². The van der Waals surface area contributed by atoms with E-state index in [0.29, 0.717) is 5.56 Å². The number of hydrogen-bond acceptors (Lipinski definition) is 1. The third-order valence-corrected chi connectivity index (χ3v) is 1.30. The Morgan fingerprint density at radius 2 is 1.73 bits per heavy atom. The molecular formula is C8H9NaO2. The Balaban J connectivity index is 0.000001000. The van der Waals surface area contributed by atoms with Crippen LogP contribution in [0.3, 0.4) is 0 Å². The van der Waals surface area contributed by atoms with Crippen LogP contribution in [0.4, 0.5) is 0 Å². The Kier molecular flexibility index (Phi) is 4.42. The summed E-state index contributed by atoms with van der Waals surface area (Å²) in [5, 5.41) is 8.48. The molecule has 54 valence electrons. The number of benzene rings is 1. The molecule has 0 unspecified atom stereocenters. The van der Waals surface area contributed by atoms with Crippen LogP contribution in [0.2, 0.25) is 0 Å². The maximum absolute atomic E-state index is 10.3. The van der Waals surface area contributed by atoms with Gasteiger partial charge in [-0.05, 0) is 19.1 Å². The van der Waals surface area contributed by atoms with Gasteiger partial charge in [-0.15, -0.1) is 0 Å². The molecule has 0 aliphatic heterocycles. The van der Waals surface area contributed by atoms with Gasteiger partial charge in [-0.3, -0.25) is 0 Å². The number of aryl methyl sites for hydroxylation is 1. The quantitative estimate of drug-likeness (QED) is 0.623. The van der Waals surface area contributed by atoms with Crippen molar-refractivity contribution in [2.75, 3.05) is 0 Å². The van der Waals surface area contributed by atoms with Crippen molar-refractivity contribution in [1.82, 2.24) is 0 Å². The summed E-state index contributed by atoms with van der Waals surface area (Å²) in [6.07, 6.45) is 0. The molecule has 0 amide bonds. The maximum atomic E-state index is 10.3. The minimum atomic E-state index is -0.875. The number of hydrogen-bond donors (Lipinski definition) is 1. The normalized spacial score (nSPS) is 8.45. The van der Waals surface area contributed by atoms with E-state index >= 15 is 0 Å². The Bertz CT molecular complexity index is 241. The van der Waals surface area contributed by atoms with Crippen molar-refractivity contribution in [3.63, 3.8) is 0 Å². The van der Waals surface area contributed by atoms with Crippen LogP contribution in [0.15, 0.2) is 24.3 Å². The van der Waals surface area contributed by atoms with Crippen molar-refractivity contribution in [3.8, 4) is 0 Å². The van der Waals surface area contributed by atoms with E-state index in [4.69, 9.17) is 5.11 Å². The predicted molar refractivity (Wildman–Crippen MR) is 45.3 cm³/mol. The van der Waals surface area contributed by atoms with Crippen LogP contribution in [0.5, 0.6) is 0 Å². The summed E-state index contributed by atoms with van der Waals surface area (Å²) < 4.78 is 0. The fourth-order valence-electron chi connectivity index (χ4n) is 0.696. The summed E-state index contributed by atoms with van der Waals surface area (Å²) in [6.45, 7) is 1.92. The van der Waals surface area contributed by atoms with Crippen LogP contribution in [-0.4, -0.2) is 40.6 Å². The number of rotatable bonds is 1. The molecular weight excluding hydrogens is 151 g/mol. The molecule has 2 nitrogen and oxygen atoms in total. The number of carboxylic acid groups (broad SMARTS) is 1. The third kappa shape index (κ3) is 3.06. The molecule has 3 heteroatoms. The summed E-state index contributed by atoms with van der Waals surface area (Å²) in [6, 6.07) is 6.75. The summed E-state index contributed by atoms with van der Waals surface area (Å²) in [5.74, 6) is -0.875. The molecule has 0 saturated carbocycles. The van der Waals surface area contributed by atoms with E-state index in [0.717, 1.165) is 5.56 Å². The summed E-state index contributed by atoms with van der Waals surface area (Å²) in [4.78, 5) is 10.3. The zero-order valence-corrected chi connectivity index (χ0v) is 5.66. The second-order valence-electron chi connectivity index (χ2n) is 2.17. The Hall–Kier alpha value is -0.310. The van der Waals surface area contributed by atoms with Crippen LogP contribution in [0.1, 0.15) is 15.9 Å². The van der Waals surface area contributed by atoms with Gasteiger partial charge in [-0.2, -0.15) is 0 Å². The van der Waals surface area contributed by atoms with Crippen LogP contribution in [0, 0.1) is 6.92 Å². The summed E-state index contributed by atoms with van der Waals surface area (Å²) >= 11 is 0. The SMILES string of the molecule is Cc1ccc(C(=O)O)cc1.[NaH]. The van der Waals surface area contributed by atoms with Gasteiger partial charge < -0.3 is 5.11 Å². The van der Waals surface area contributed by atoms with Gasteiger partial charge in [0.15, 0.2) is 0 Å². The van der Waals surface area contributed by atoms with Gasteiger partial charge in [0, 0.05) is 0 Å². The van der Waals surface area contributed by atoms with Gasteiger partial charge in [0.25, 0.3) is 0 Å². The molecule has 0 bridgehead atoms. The monoisotopic (exact) mass is 160 g/mol. The van der Waals surface area contributed by atoms with Crippen LogP contribution < -0.4 is 0 Å². The van der Waals surface area contributed by atoms with E-state index in [1.807, 2.05) is 6.92 Å². The third-order valence-electron chi connectivity index (χ3n) is 1.30.